The minimum atomic E-state index is -3.46. The maximum Gasteiger partial charge on any atom is 0.255 e. The minimum absolute atomic E-state index is 0.127. The quantitative estimate of drug-likeness (QED) is 0.440. The molecule has 1 aliphatic rings. The van der Waals surface area contributed by atoms with Crippen molar-refractivity contribution in [2.45, 2.75) is 44.6 Å². The number of anilines is 1. The topological polar surface area (TPSA) is 69.7 Å². The molecule has 6 nitrogen and oxygen atoms in total. The number of piperazine rings is 1. The van der Waals surface area contributed by atoms with E-state index in [1.54, 1.807) is 16.4 Å². The molecule has 0 aliphatic carbocycles. The zero-order chi connectivity index (χ0) is 25.5. The summed E-state index contributed by atoms with van der Waals surface area (Å²) in [5, 5.41) is 2.97. The van der Waals surface area contributed by atoms with Crippen LogP contribution in [-0.2, 0) is 23.0 Å². The van der Waals surface area contributed by atoms with Gasteiger partial charge in [-0.1, -0.05) is 55.3 Å². The smallest absolute Gasteiger partial charge is 0.255 e. The third kappa shape index (κ3) is 6.60. The van der Waals surface area contributed by atoms with E-state index in [4.69, 9.17) is 0 Å². The lowest BCUT2D eigenvalue weighted by atomic mass is 10.1. The molecule has 0 atom stereocenters. The molecule has 1 N–H and O–H groups in total. The molecule has 7 heteroatoms. The molecule has 0 aromatic heterocycles. The lowest BCUT2D eigenvalue weighted by Gasteiger charge is -2.34. The van der Waals surface area contributed by atoms with Gasteiger partial charge in [0.15, 0.2) is 0 Å². The third-order valence-electron chi connectivity index (χ3n) is 6.64. The summed E-state index contributed by atoms with van der Waals surface area (Å²) < 4.78 is 27.4. The third-order valence-corrected chi connectivity index (χ3v) is 8.56. The van der Waals surface area contributed by atoms with Crippen LogP contribution >= 0.6 is 0 Å². The van der Waals surface area contributed by atoms with Crippen molar-refractivity contribution in [2.24, 2.45) is 0 Å². The lowest BCUT2D eigenvalue weighted by molar-refractivity contribution is 0.102. The SMILES string of the molecule is CCCCc1ccc(NC(=O)c2ccc(CN3CCN(S(=O)(=O)c4ccc(C)cc4)CC3)cc2)cc1. The normalized spacial score (nSPS) is 15.1. The zero-order valence-corrected chi connectivity index (χ0v) is 21.9. The summed E-state index contributed by atoms with van der Waals surface area (Å²) in [5.41, 5.74) is 4.83. The maximum absolute atomic E-state index is 12.9. The Balaban J connectivity index is 1.28. The van der Waals surface area contributed by atoms with E-state index in [1.807, 2.05) is 55.5 Å². The Labute approximate surface area is 215 Å². The Kier molecular flexibility index (Phi) is 8.56. The van der Waals surface area contributed by atoms with E-state index in [1.165, 1.54) is 18.4 Å². The number of carbonyl (C=O) groups excluding carboxylic acids is 1. The summed E-state index contributed by atoms with van der Waals surface area (Å²) in [7, 11) is -3.46. The van der Waals surface area contributed by atoms with Gasteiger partial charge in [-0.15, -0.1) is 0 Å². The Morgan fingerprint density at radius 2 is 1.44 bits per heavy atom. The van der Waals surface area contributed by atoms with Crippen LogP contribution < -0.4 is 5.32 Å². The number of benzene rings is 3. The van der Waals surface area contributed by atoms with Crippen LogP contribution in [0.1, 0.15) is 46.8 Å². The molecule has 1 aliphatic heterocycles. The van der Waals surface area contributed by atoms with E-state index in [2.05, 4.69) is 29.3 Å². The van der Waals surface area contributed by atoms with E-state index in [0.29, 0.717) is 36.6 Å². The average Bonchev–Trinajstić information content (AvgIpc) is 2.89. The van der Waals surface area contributed by atoms with Crippen molar-refractivity contribution in [1.29, 1.82) is 0 Å². The summed E-state index contributed by atoms with van der Waals surface area (Å²) in [6, 6.07) is 22.7. The molecule has 0 bridgehead atoms. The van der Waals surface area contributed by atoms with Gasteiger partial charge in [0.25, 0.3) is 5.91 Å². The van der Waals surface area contributed by atoms with Gasteiger partial charge in [-0.3, -0.25) is 9.69 Å². The molecule has 1 fully saturated rings. The second-order valence-electron chi connectivity index (χ2n) is 9.44. The van der Waals surface area contributed by atoms with Crippen LogP contribution in [0.4, 0.5) is 5.69 Å². The first-order valence-electron chi connectivity index (χ1n) is 12.6. The number of aryl methyl sites for hydroxylation is 2. The zero-order valence-electron chi connectivity index (χ0n) is 21.1. The molecule has 1 amide bonds. The summed E-state index contributed by atoms with van der Waals surface area (Å²) in [6.07, 6.45) is 3.39. The second-order valence-corrected chi connectivity index (χ2v) is 11.4. The van der Waals surface area contributed by atoms with Crippen molar-refractivity contribution in [3.8, 4) is 0 Å². The predicted octanol–water partition coefficient (Wildman–Crippen LogP) is 5.10. The number of nitrogens with one attached hydrogen (secondary N) is 1. The molecule has 4 rings (SSSR count). The van der Waals surface area contributed by atoms with Crippen molar-refractivity contribution in [3.63, 3.8) is 0 Å². The van der Waals surface area contributed by atoms with Crippen LogP contribution in [0.2, 0.25) is 0 Å². The van der Waals surface area contributed by atoms with Crippen LogP contribution in [0.3, 0.4) is 0 Å². The molecule has 36 heavy (non-hydrogen) atoms. The Bertz CT molecular complexity index is 1250. The number of amides is 1. The number of hydrogen-bond donors (Lipinski definition) is 1. The molecule has 3 aromatic rings. The van der Waals surface area contributed by atoms with Crippen LogP contribution in [-0.4, -0.2) is 49.7 Å². The highest BCUT2D eigenvalue weighted by Crippen LogP contribution is 2.19. The van der Waals surface area contributed by atoms with Gasteiger partial charge in [0.05, 0.1) is 4.90 Å². The molecule has 0 saturated carbocycles. The van der Waals surface area contributed by atoms with Gasteiger partial charge in [0.1, 0.15) is 0 Å². The molecule has 0 radical (unpaired) electrons. The molecule has 0 spiro atoms. The van der Waals surface area contributed by atoms with Gasteiger partial charge in [0.2, 0.25) is 10.0 Å². The Hall–Kier alpha value is -3.00. The molecule has 1 heterocycles. The van der Waals surface area contributed by atoms with E-state index >= 15 is 0 Å². The Morgan fingerprint density at radius 1 is 0.833 bits per heavy atom. The average molecular weight is 506 g/mol. The first-order valence-corrected chi connectivity index (χ1v) is 14.1. The van der Waals surface area contributed by atoms with Gasteiger partial charge in [-0.05, 0) is 67.3 Å². The van der Waals surface area contributed by atoms with Crippen LogP contribution in [0.15, 0.2) is 77.7 Å². The van der Waals surface area contributed by atoms with Gasteiger partial charge in [-0.25, -0.2) is 8.42 Å². The number of sulfonamides is 1. The highest BCUT2D eigenvalue weighted by Gasteiger charge is 2.28. The minimum Gasteiger partial charge on any atom is -0.322 e. The van der Waals surface area contributed by atoms with Gasteiger partial charge >= 0.3 is 0 Å². The highest BCUT2D eigenvalue weighted by molar-refractivity contribution is 7.89. The summed E-state index contributed by atoms with van der Waals surface area (Å²) in [6.45, 7) is 7.12. The van der Waals surface area contributed by atoms with E-state index in [-0.39, 0.29) is 5.91 Å². The first kappa shape index (κ1) is 26.1. The fraction of sp³-hybridized carbons (Fsp3) is 0.345. The van der Waals surface area contributed by atoms with Crippen molar-refractivity contribution >= 4 is 21.6 Å². The van der Waals surface area contributed by atoms with Crippen molar-refractivity contribution in [1.82, 2.24) is 9.21 Å². The number of hydrogen-bond acceptors (Lipinski definition) is 4. The fourth-order valence-corrected chi connectivity index (χ4v) is 5.77. The van der Waals surface area contributed by atoms with Crippen molar-refractivity contribution < 1.29 is 13.2 Å². The van der Waals surface area contributed by atoms with Gasteiger partial charge < -0.3 is 5.32 Å². The van der Waals surface area contributed by atoms with Gasteiger partial charge in [-0.2, -0.15) is 4.31 Å². The largest absolute Gasteiger partial charge is 0.322 e. The van der Waals surface area contributed by atoms with Crippen LogP contribution in [0.5, 0.6) is 0 Å². The van der Waals surface area contributed by atoms with E-state index in [0.717, 1.165) is 29.8 Å². The number of carbonyl (C=O) groups is 1. The molecule has 3 aromatic carbocycles. The van der Waals surface area contributed by atoms with E-state index in [9.17, 15) is 13.2 Å². The van der Waals surface area contributed by atoms with Crippen molar-refractivity contribution in [3.05, 3.63) is 95.1 Å². The lowest BCUT2D eigenvalue weighted by Crippen LogP contribution is -2.48. The number of rotatable bonds is 9. The highest BCUT2D eigenvalue weighted by atomic mass is 32.2. The first-order chi connectivity index (χ1) is 17.3. The molecular formula is C29H35N3O3S. The molecule has 190 valence electrons. The second kappa shape index (κ2) is 11.8. The molecule has 1 saturated heterocycles. The fourth-order valence-electron chi connectivity index (χ4n) is 4.35. The standard InChI is InChI=1S/C29H35N3O3S/c1-3-4-5-24-10-14-27(15-11-24)30-29(33)26-12-8-25(9-13-26)22-31-18-20-32(21-19-31)36(34,35)28-16-6-23(2)7-17-28/h6-17H,3-5,18-22H2,1-2H3,(H,30,33). The summed E-state index contributed by atoms with van der Waals surface area (Å²) in [4.78, 5) is 15.3. The molecule has 0 unspecified atom stereocenters. The summed E-state index contributed by atoms with van der Waals surface area (Å²) >= 11 is 0. The number of nitrogens with zero attached hydrogens (tertiary/aromatic N) is 2. The van der Waals surface area contributed by atoms with Crippen LogP contribution in [0, 0.1) is 6.92 Å². The Morgan fingerprint density at radius 3 is 2.06 bits per heavy atom. The maximum atomic E-state index is 12.9. The summed E-state index contributed by atoms with van der Waals surface area (Å²) in [5.74, 6) is -0.127. The monoisotopic (exact) mass is 505 g/mol. The predicted molar refractivity (Wildman–Crippen MR) is 145 cm³/mol. The van der Waals surface area contributed by atoms with Gasteiger partial charge in [0, 0.05) is 44.0 Å². The van der Waals surface area contributed by atoms with Crippen molar-refractivity contribution in [2.75, 3.05) is 31.5 Å². The van der Waals surface area contributed by atoms with E-state index < -0.39 is 10.0 Å². The van der Waals surface area contributed by atoms with Crippen LogP contribution in [0.25, 0.3) is 0 Å². The number of unbranched alkanes of at least 4 members (excludes halogenated alkanes) is 1. The molecular weight excluding hydrogens is 470 g/mol.